The Bertz CT molecular complexity index is 915. The van der Waals surface area contributed by atoms with Gasteiger partial charge in [0.25, 0.3) is 17.4 Å². The molecule has 1 aromatic carbocycles. The van der Waals surface area contributed by atoms with Gasteiger partial charge in [-0.3, -0.25) is 24.3 Å². The Balaban J connectivity index is 2.40. The Labute approximate surface area is 134 Å². The van der Waals surface area contributed by atoms with Gasteiger partial charge < -0.3 is 5.73 Å². The van der Waals surface area contributed by atoms with E-state index in [1.165, 1.54) is 4.57 Å². The zero-order chi connectivity index (χ0) is 16.2. The fraction of sp³-hybridized carbons (Fsp3) is 0.133. The molecule has 3 rings (SSSR count). The minimum Gasteiger partial charge on any atom is -0.384 e. The molecule has 2 aromatic rings. The van der Waals surface area contributed by atoms with Gasteiger partial charge in [-0.1, -0.05) is 15.9 Å². The molecule has 6 nitrogen and oxygen atoms in total. The maximum atomic E-state index is 12.4. The number of anilines is 1. The first-order valence-corrected chi connectivity index (χ1v) is 7.29. The number of nitrogens with one attached hydrogen (secondary N) is 1. The Morgan fingerprint density at radius 1 is 1.09 bits per heavy atom. The van der Waals surface area contributed by atoms with Gasteiger partial charge in [0.2, 0.25) is 0 Å². The number of pyridine rings is 1. The molecule has 7 heteroatoms. The Hall–Kier alpha value is -2.41. The molecule has 2 amide bonds. The Kier molecular flexibility index (Phi) is 3.17. The van der Waals surface area contributed by atoms with Crippen molar-refractivity contribution in [2.45, 2.75) is 13.8 Å². The highest BCUT2D eigenvalue weighted by atomic mass is 79.9. The molecular weight excluding hydrogens is 350 g/mol. The van der Waals surface area contributed by atoms with Crippen LogP contribution in [0.15, 0.2) is 27.5 Å². The highest BCUT2D eigenvalue weighted by Crippen LogP contribution is 2.28. The second kappa shape index (κ2) is 4.81. The lowest BCUT2D eigenvalue weighted by molar-refractivity contribution is 0.0880. The fourth-order valence-corrected chi connectivity index (χ4v) is 3.12. The van der Waals surface area contributed by atoms with Gasteiger partial charge in [0.1, 0.15) is 5.82 Å². The number of rotatable bonds is 1. The van der Waals surface area contributed by atoms with Crippen molar-refractivity contribution in [2.75, 3.05) is 5.73 Å². The molecule has 0 spiro atoms. The molecule has 0 unspecified atom stereocenters. The molecule has 112 valence electrons. The van der Waals surface area contributed by atoms with Crippen LogP contribution in [0.4, 0.5) is 5.82 Å². The number of aromatic nitrogens is 1. The summed E-state index contributed by atoms with van der Waals surface area (Å²) in [5.74, 6) is -1.22. The summed E-state index contributed by atoms with van der Waals surface area (Å²) < 4.78 is 2.08. The van der Waals surface area contributed by atoms with Crippen molar-refractivity contribution in [1.82, 2.24) is 9.88 Å². The number of hydrogen-bond acceptors (Lipinski definition) is 4. The summed E-state index contributed by atoms with van der Waals surface area (Å²) in [6, 6.07) is 4.87. The number of nitrogens with zero attached hydrogens (tertiary/aromatic N) is 1. The lowest BCUT2D eigenvalue weighted by atomic mass is 10.1. The molecule has 0 fully saturated rings. The Morgan fingerprint density at radius 2 is 1.77 bits per heavy atom. The number of nitrogen functional groups attached to an aromatic ring is 1. The zero-order valence-electron chi connectivity index (χ0n) is 11.9. The van der Waals surface area contributed by atoms with E-state index >= 15 is 0 Å². The van der Waals surface area contributed by atoms with Gasteiger partial charge in [0.15, 0.2) is 0 Å². The van der Waals surface area contributed by atoms with E-state index in [-0.39, 0.29) is 16.9 Å². The van der Waals surface area contributed by atoms with Crippen LogP contribution in [0, 0.1) is 13.8 Å². The van der Waals surface area contributed by atoms with Gasteiger partial charge in [0.05, 0.1) is 16.8 Å². The number of fused-ring (bicyclic) bond motifs is 1. The van der Waals surface area contributed by atoms with Crippen LogP contribution < -0.4 is 16.6 Å². The monoisotopic (exact) mass is 361 g/mol. The number of benzene rings is 1. The van der Waals surface area contributed by atoms with Gasteiger partial charge in [0, 0.05) is 10.5 Å². The molecule has 1 aromatic heterocycles. The SMILES string of the molecule is Cc1cc(Br)c(C)c(-n2c(N)c3c(cc2=O)C(=O)NC3=O)c1. The largest absolute Gasteiger partial charge is 0.384 e. The first-order chi connectivity index (χ1) is 10.3. The van der Waals surface area contributed by atoms with Crippen molar-refractivity contribution >= 4 is 33.6 Å². The van der Waals surface area contributed by atoms with Crippen LogP contribution in [0.5, 0.6) is 0 Å². The van der Waals surface area contributed by atoms with Crippen LogP contribution >= 0.6 is 15.9 Å². The van der Waals surface area contributed by atoms with E-state index in [2.05, 4.69) is 21.2 Å². The van der Waals surface area contributed by atoms with Crippen molar-refractivity contribution in [3.63, 3.8) is 0 Å². The summed E-state index contributed by atoms with van der Waals surface area (Å²) >= 11 is 3.44. The minimum atomic E-state index is -0.599. The van der Waals surface area contributed by atoms with Crippen molar-refractivity contribution in [1.29, 1.82) is 0 Å². The second-order valence-corrected chi connectivity index (χ2v) is 6.02. The van der Waals surface area contributed by atoms with E-state index in [0.717, 1.165) is 21.7 Å². The maximum absolute atomic E-state index is 12.4. The predicted molar refractivity (Wildman–Crippen MR) is 85.4 cm³/mol. The Morgan fingerprint density at radius 3 is 2.45 bits per heavy atom. The van der Waals surface area contributed by atoms with Crippen LogP contribution in [0.1, 0.15) is 31.8 Å². The van der Waals surface area contributed by atoms with Crippen molar-refractivity contribution in [3.05, 3.63) is 55.3 Å². The van der Waals surface area contributed by atoms with Crippen LogP contribution in [0.2, 0.25) is 0 Å². The first-order valence-electron chi connectivity index (χ1n) is 6.49. The van der Waals surface area contributed by atoms with Gasteiger partial charge in [-0.15, -0.1) is 0 Å². The fourth-order valence-electron chi connectivity index (χ4n) is 2.56. The van der Waals surface area contributed by atoms with E-state index in [0.29, 0.717) is 5.69 Å². The number of carbonyl (C=O) groups excluding carboxylic acids is 2. The molecule has 1 aliphatic rings. The molecular formula is C15H12BrN3O3. The number of aryl methyl sites for hydroxylation is 1. The summed E-state index contributed by atoms with van der Waals surface area (Å²) in [6.07, 6.45) is 0. The van der Waals surface area contributed by atoms with Crippen LogP contribution in [-0.4, -0.2) is 16.4 Å². The molecule has 0 atom stereocenters. The van der Waals surface area contributed by atoms with E-state index in [9.17, 15) is 14.4 Å². The number of imide groups is 1. The lowest BCUT2D eigenvalue weighted by Crippen LogP contribution is -2.24. The molecule has 0 aliphatic carbocycles. The predicted octanol–water partition coefficient (Wildman–Crippen LogP) is 1.68. The van der Waals surface area contributed by atoms with E-state index < -0.39 is 17.4 Å². The number of carbonyl (C=O) groups is 2. The van der Waals surface area contributed by atoms with Gasteiger partial charge in [-0.25, -0.2) is 0 Å². The van der Waals surface area contributed by atoms with E-state index in [4.69, 9.17) is 5.73 Å². The van der Waals surface area contributed by atoms with E-state index in [1.54, 1.807) is 6.07 Å². The molecule has 22 heavy (non-hydrogen) atoms. The number of hydrogen-bond donors (Lipinski definition) is 2. The van der Waals surface area contributed by atoms with Crippen LogP contribution in [0.25, 0.3) is 5.69 Å². The molecule has 0 saturated carbocycles. The van der Waals surface area contributed by atoms with E-state index in [1.807, 2.05) is 19.9 Å². The highest BCUT2D eigenvalue weighted by Gasteiger charge is 2.32. The highest BCUT2D eigenvalue weighted by molar-refractivity contribution is 9.10. The van der Waals surface area contributed by atoms with Crippen molar-refractivity contribution in [3.8, 4) is 5.69 Å². The van der Waals surface area contributed by atoms with Crippen molar-refractivity contribution < 1.29 is 9.59 Å². The maximum Gasteiger partial charge on any atom is 0.262 e. The summed E-state index contributed by atoms with van der Waals surface area (Å²) in [5, 5.41) is 2.15. The minimum absolute atomic E-state index is 0.0214. The average Bonchev–Trinajstić information content (AvgIpc) is 2.70. The second-order valence-electron chi connectivity index (χ2n) is 5.17. The van der Waals surface area contributed by atoms with Crippen molar-refractivity contribution in [2.24, 2.45) is 0 Å². The molecule has 1 aliphatic heterocycles. The smallest absolute Gasteiger partial charge is 0.262 e. The summed E-state index contributed by atoms with van der Waals surface area (Å²) in [7, 11) is 0. The summed E-state index contributed by atoms with van der Waals surface area (Å²) in [5.41, 5.74) is 7.94. The van der Waals surface area contributed by atoms with Crippen LogP contribution in [-0.2, 0) is 0 Å². The summed E-state index contributed by atoms with van der Waals surface area (Å²) in [4.78, 5) is 35.9. The first kappa shape index (κ1) is 14.5. The average molecular weight is 362 g/mol. The number of amides is 2. The number of halogens is 1. The third kappa shape index (κ3) is 1.97. The van der Waals surface area contributed by atoms with Gasteiger partial charge >= 0.3 is 0 Å². The van der Waals surface area contributed by atoms with Crippen LogP contribution in [0.3, 0.4) is 0 Å². The number of nitrogens with two attached hydrogens (primary N) is 1. The normalized spacial score (nSPS) is 13.2. The summed E-state index contributed by atoms with van der Waals surface area (Å²) in [6.45, 7) is 3.72. The topological polar surface area (TPSA) is 94.2 Å². The molecule has 0 bridgehead atoms. The molecule has 0 saturated heterocycles. The third-order valence-corrected chi connectivity index (χ3v) is 4.48. The van der Waals surface area contributed by atoms with Gasteiger partial charge in [-0.2, -0.15) is 0 Å². The van der Waals surface area contributed by atoms with Gasteiger partial charge in [-0.05, 0) is 37.1 Å². The lowest BCUT2D eigenvalue weighted by Gasteiger charge is -2.16. The molecule has 2 heterocycles. The molecule has 0 radical (unpaired) electrons. The standard InChI is InChI=1S/C15H12BrN3O3/c1-6-3-9(16)7(2)10(4-6)19-11(20)5-8-12(13(19)17)15(22)18-14(8)21/h3-5H,17H2,1-2H3,(H,18,21,22). The zero-order valence-corrected chi connectivity index (χ0v) is 13.4. The third-order valence-electron chi connectivity index (χ3n) is 3.66. The quantitative estimate of drug-likeness (QED) is 0.755. The molecule has 3 N–H and O–H groups in total.